The molecule has 0 heterocycles. The van der Waals surface area contributed by atoms with Crippen molar-refractivity contribution in [2.24, 2.45) is 5.73 Å². The van der Waals surface area contributed by atoms with Gasteiger partial charge in [0.15, 0.2) is 0 Å². The second kappa shape index (κ2) is 5.57. The standard InChI is InChI=1S/C17H24N2O/c18-17(10-3-4-11-17)12-16(20)19-15-9-5-7-13-6-1-2-8-14(13)15/h5,7,9H,1-4,6,8,10-12,18H2,(H,19,20). The molecule has 1 amide bonds. The molecule has 2 aliphatic carbocycles. The van der Waals surface area contributed by atoms with Crippen molar-refractivity contribution in [3.05, 3.63) is 29.3 Å². The normalized spacial score (nSPS) is 20.4. The van der Waals surface area contributed by atoms with Crippen LogP contribution in [0.4, 0.5) is 5.69 Å². The number of fused-ring (bicyclic) bond motifs is 1. The highest BCUT2D eigenvalue weighted by Crippen LogP contribution is 2.31. The predicted octanol–water partition coefficient (Wildman–Crippen LogP) is 3.17. The van der Waals surface area contributed by atoms with E-state index < -0.39 is 0 Å². The molecule has 0 atom stereocenters. The monoisotopic (exact) mass is 272 g/mol. The first-order valence-electron chi connectivity index (χ1n) is 7.86. The number of carbonyl (C=O) groups is 1. The van der Waals surface area contributed by atoms with Gasteiger partial charge in [-0.3, -0.25) is 4.79 Å². The van der Waals surface area contributed by atoms with Gasteiger partial charge in [0, 0.05) is 17.6 Å². The van der Waals surface area contributed by atoms with E-state index in [1.54, 1.807) is 0 Å². The number of amides is 1. The number of nitrogens with one attached hydrogen (secondary N) is 1. The quantitative estimate of drug-likeness (QED) is 0.888. The number of nitrogens with two attached hydrogens (primary N) is 1. The molecule has 0 aliphatic heterocycles. The van der Waals surface area contributed by atoms with Crippen LogP contribution in [-0.2, 0) is 17.6 Å². The lowest BCUT2D eigenvalue weighted by molar-refractivity contribution is -0.117. The van der Waals surface area contributed by atoms with Crippen molar-refractivity contribution in [1.82, 2.24) is 0 Å². The number of benzene rings is 1. The van der Waals surface area contributed by atoms with Crippen molar-refractivity contribution in [3.63, 3.8) is 0 Å². The molecule has 0 unspecified atom stereocenters. The molecule has 1 saturated carbocycles. The van der Waals surface area contributed by atoms with E-state index in [9.17, 15) is 4.79 Å². The number of rotatable bonds is 3. The summed E-state index contributed by atoms with van der Waals surface area (Å²) in [6, 6.07) is 6.26. The van der Waals surface area contributed by atoms with Crippen molar-refractivity contribution in [2.45, 2.75) is 63.3 Å². The molecule has 0 bridgehead atoms. The fourth-order valence-electron chi connectivity index (χ4n) is 3.67. The minimum atomic E-state index is -0.265. The molecule has 0 radical (unpaired) electrons. The van der Waals surface area contributed by atoms with Crippen LogP contribution in [0.1, 0.15) is 56.1 Å². The van der Waals surface area contributed by atoms with Gasteiger partial charge in [-0.2, -0.15) is 0 Å². The van der Waals surface area contributed by atoms with E-state index in [2.05, 4.69) is 11.4 Å². The summed E-state index contributed by atoms with van der Waals surface area (Å²) >= 11 is 0. The van der Waals surface area contributed by atoms with Crippen molar-refractivity contribution in [2.75, 3.05) is 5.32 Å². The third kappa shape index (κ3) is 2.88. The lowest BCUT2D eigenvalue weighted by Gasteiger charge is -2.24. The van der Waals surface area contributed by atoms with Gasteiger partial charge in [0.1, 0.15) is 0 Å². The Kier molecular flexibility index (Phi) is 3.79. The summed E-state index contributed by atoms with van der Waals surface area (Å²) in [4.78, 5) is 12.3. The first kappa shape index (κ1) is 13.6. The van der Waals surface area contributed by atoms with Gasteiger partial charge in [-0.25, -0.2) is 0 Å². The van der Waals surface area contributed by atoms with E-state index >= 15 is 0 Å². The van der Waals surface area contributed by atoms with Crippen molar-refractivity contribution in [1.29, 1.82) is 0 Å². The molecular formula is C17H24N2O. The fraction of sp³-hybridized carbons (Fsp3) is 0.588. The molecule has 1 aromatic rings. The van der Waals surface area contributed by atoms with Crippen LogP contribution in [0, 0.1) is 0 Å². The zero-order valence-corrected chi connectivity index (χ0v) is 12.1. The maximum atomic E-state index is 12.3. The van der Waals surface area contributed by atoms with Crippen LogP contribution in [0.25, 0.3) is 0 Å². The second-order valence-electron chi connectivity index (χ2n) is 6.44. The molecule has 0 aromatic heterocycles. The molecule has 3 heteroatoms. The molecule has 3 N–H and O–H groups in total. The Hall–Kier alpha value is -1.35. The Morgan fingerprint density at radius 1 is 1.15 bits per heavy atom. The van der Waals surface area contributed by atoms with Gasteiger partial charge in [0.25, 0.3) is 0 Å². The third-order valence-corrected chi connectivity index (χ3v) is 4.78. The van der Waals surface area contributed by atoms with E-state index in [1.807, 2.05) is 12.1 Å². The number of hydrogen-bond donors (Lipinski definition) is 2. The Bertz CT molecular complexity index is 504. The summed E-state index contributed by atoms with van der Waals surface area (Å²) in [5, 5.41) is 3.10. The summed E-state index contributed by atoms with van der Waals surface area (Å²) in [6.45, 7) is 0. The Morgan fingerprint density at radius 3 is 2.70 bits per heavy atom. The molecule has 2 aliphatic rings. The topological polar surface area (TPSA) is 55.1 Å². The van der Waals surface area contributed by atoms with Gasteiger partial charge in [-0.1, -0.05) is 25.0 Å². The molecule has 3 nitrogen and oxygen atoms in total. The molecular weight excluding hydrogens is 248 g/mol. The van der Waals surface area contributed by atoms with Crippen molar-refractivity contribution in [3.8, 4) is 0 Å². The Morgan fingerprint density at radius 2 is 1.90 bits per heavy atom. The van der Waals surface area contributed by atoms with E-state index in [-0.39, 0.29) is 11.4 Å². The van der Waals surface area contributed by atoms with Crippen molar-refractivity contribution < 1.29 is 4.79 Å². The van der Waals surface area contributed by atoms with Gasteiger partial charge in [0.2, 0.25) is 5.91 Å². The van der Waals surface area contributed by atoms with Gasteiger partial charge >= 0.3 is 0 Å². The Balaban J connectivity index is 1.70. The molecule has 0 spiro atoms. The molecule has 1 fully saturated rings. The van der Waals surface area contributed by atoms with Crippen LogP contribution in [-0.4, -0.2) is 11.4 Å². The van der Waals surface area contributed by atoms with Crippen LogP contribution in [0.3, 0.4) is 0 Å². The Labute approximate surface area is 120 Å². The second-order valence-corrected chi connectivity index (χ2v) is 6.44. The lowest BCUT2D eigenvalue weighted by Crippen LogP contribution is -2.40. The predicted molar refractivity (Wildman–Crippen MR) is 81.7 cm³/mol. The average Bonchev–Trinajstić information content (AvgIpc) is 2.85. The van der Waals surface area contributed by atoms with E-state index in [1.165, 1.54) is 24.0 Å². The van der Waals surface area contributed by atoms with Gasteiger partial charge < -0.3 is 11.1 Å². The van der Waals surface area contributed by atoms with Gasteiger partial charge in [-0.15, -0.1) is 0 Å². The smallest absolute Gasteiger partial charge is 0.226 e. The van der Waals surface area contributed by atoms with Gasteiger partial charge in [-0.05, 0) is 55.7 Å². The molecule has 108 valence electrons. The number of hydrogen-bond acceptors (Lipinski definition) is 2. The molecule has 20 heavy (non-hydrogen) atoms. The largest absolute Gasteiger partial charge is 0.326 e. The average molecular weight is 272 g/mol. The summed E-state index contributed by atoms with van der Waals surface area (Å²) in [6.07, 6.45) is 9.43. The molecule has 1 aromatic carbocycles. The first-order chi connectivity index (χ1) is 9.66. The minimum Gasteiger partial charge on any atom is -0.326 e. The van der Waals surface area contributed by atoms with Crippen LogP contribution in [0.15, 0.2) is 18.2 Å². The van der Waals surface area contributed by atoms with Crippen LogP contribution in [0.5, 0.6) is 0 Å². The highest BCUT2D eigenvalue weighted by molar-refractivity contribution is 5.92. The zero-order valence-electron chi connectivity index (χ0n) is 12.1. The fourth-order valence-corrected chi connectivity index (χ4v) is 3.67. The summed E-state index contributed by atoms with van der Waals surface area (Å²) < 4.78 is 0. The molecule has 3 rings (SSSR count). The highest BCUT2D eigenvalue weighted by atomic mass is 16.1. The van der Waals surface area contributed by atoms with Crippen molar-refractivity contribution >= 4 is 11.6 Å². The zero-order chi connectivity index (χ0) is 14.0. The van der Waals surface area contributed by atoms with E-state index in [0.717, 1.165) is 44.2 Å². The molecule has 0 saturated heterocycles. The number of aryl methyl sites for hydroxylation is 1. The van der Waals surface area contributed by atoms with E-state index in [4.69, 9.17) is 5.73 Å². The minimum absolute atomic E-state index is 0.0772. The highest BCUT2D eigenvalue weighted by Gasteiger charge is 2.31. The van der Waals surface area contributed by atoms with Gasteiger partial charge in [0.05, 0.1) is 0 Å². The first-order valence-corrected chi connectivity index (χ1v) is 7.86. The maximum Gasteiger partial charge on any atom is 0.226 e. The summed E-state index contributed by atoms with van der Waals surface area (Å²) in [5.41, 5.74) is 9.77. The lowest BCUT2D eigenvalue weighted by atomic mass is 9.90. The maximum absolute atomic E-state index is 12.3. The summed E-state index contributed by atoms with van der Waals surface area (Å²) in [7, 11) is 0. The van der Waals surface area contributed by atoms with Crippen LogP contribution in [0.2, 0.25) is 0 Å². The third-order valence-electron chi connectivity index (χ3n) is 4.78. The number of carbonyl (C=O) groups excluding carboxylic acids is 1. The van der Waals surface area contributed by atoms with Crippen LogP contribution >= 0.6 is 0 Å². The summed E-state index contributed by atoms with van der Waals surface area (Å²) in [5.74, 6) is 0.0772. The SMILES string of the molecule is NC1(CC(=O)Nc2cccc3c2CCCC3)CCCC1. The number of anilines is 1. The van der Waals surface area contributed by atoms with Crippen LogP contribution < -0.4 is 11.1 Å². The van der Waals surface area contributed by atoms with E-state index in [0.29, 0.717) is 6.42 Å².